The smallest absolute Gasteiger partial charge is 0.306 e. The average molecular weight is 183 g/mol. The van der Waals surface area contributed by atoms with Crippen LogP contribution in [0.25, 0.3) is 0 Å². The molecule has 13 heavy (non-hydrogen) atoms. The van der Waals surface area contributed by atoms with Crippen molar-refractivity contribution in [1.82, 2.24) is 4.90 Å². The second-order valence-corrected chi connectivity index (χ2v) is 2.62. The molecule has 0 aliphatic carbocycles. The second-order valence-electron chi connectivity index (χ2n) is 2.62. The predicted molar refractivity (Wildman–Crippen MR) is 52.2 cm³/mol. The molecule has 0 heterocycles. The number of nitrogens with zero attached hydrogens (tertiary/aromatic N) is 1. The Hall–Kier alpha value is -1.01. The Morgan fingerprint density at radius 2 is 2.23 bits per heavy atom. The first-order valence-corrected chi connectivity index (χ1v) is 4.43. The Morgan fingerprint density at radius 3 is 2.69 bits per heavy atom. The van der Waals surface area contributed by atoms with E-state index in [2.05, 4.69) is 28.4 Å². The van der Waals surface area contributed by atoms with Crippen molar-refractivity contribution in [2.45, 2.75) is 20.3 Å². The minimum Gasteiger partial charge on any atom is -0.469 e. The van der Waals surface area contributed by atoms with Gasteiger partial charge in [-0.25, -0.2) is 0 Å². The van der Waals surface area contributed by atoms with Crippen molar-refractivity contribution in [3.63, 3.8) is 0 Å². The largest absolute Gasteiger partial charge is 0.469 e. The van der Waals surface area contributed by atoms with Crippen molar-refractivity contribution in [3.8, 4) is 11.8 Å². The zero-order valence-electron chi connectivity index (χ0n) is 8.59. The molecule has 0 saturated heterocycles. The third-order valence-electron chi connectivity index (χ3n) is 1.79. The van der Waals surface area contributed by atoms with Crippen molar-refractivity contribution in [3.05, 3.63) is 0 Å². The minimum atomic E-state index is -0.164. The number of methoxy groups -OCH3 is 1. The van der Waals surface area contributed by atoms with Crippen molar-refractivity contribution in [1.29, 1.82) is 0 Å². The number of rotatable bonds is 5. The Morgan fingerprint density at radius 1 is 1.54 bits per heavy atom. The van der Waals surface area contributed by atoms with Crippen molar-refractivity contribution >= 4 is 5.97 Å². The van der Waals surface area contributed by atoms with E-state index in [4.69, 9.17) is 0 Å². The van der Waals surface area contributed by atoms with Crippen LogP contribution in [0.5, 0.6) is 0 Å². The number of ether oxygens (including phenoxy) is 1. The highest BCUT2D eigenvalue weighted by atomic mass is 16.5. The lowest BCUT2D eigenvalue weighted by Crippen LogP contribution is -2.26. The van der Waals surface area contributed by atoms with Gasteiger partial charge in [-0.2, -0.15) is 0 Å². The molecule has 0 aromatic heterocycles. The molecule has 0 spiro atoms. The van der Waals surface area contributed by atoms with Crippen molar-refractivity contribution in [2.24, 2.45) is 0 Å². The summed E-state index contributed by atoms with van der Waals surface area (Å²) < 4.78 is 4.55. The number of esters is 1. The average Bonchev–Trinajstić information content (AvgIpc) is 2.17. The van der Waals surface area contributed by atoms with Crippen LogP contribution in [0.3, 0.4) is 0 Å². The van der Waals surface area contributed by atoms with E-state index < -0.39 is 0 Å². The normalized spacial score (nSPS) is 9.23. The predicted octanol–water partition coefficient (Wildman–Crippen LogP) is 0.895. The Balaban J connectivity index is 3.69. The molecule has 0 fully saturated rings. The van der Waals surface area contributed by atoms with Gasteiger partial charge in [-0.05, 0) is 13.5 Å². The molecule has 0 amide bonds. The first kappa shape index (κ1) is 12.0. The van der Waals surface area contributed by atoms with Gasteiger partial charge in [0.15, 0.2) is 0 Å². The Bertz CT molecular complexity index is 203. The number of carbonyl (C=O) groups excluding carboxylic acids is 1. The molecule has 0 aliphatic rings. The van der Waals surface area contributed by atoms with E-state index in [0.29, 0.717) is 6.42 Å². The summed E-state index contributed by atoms with van der Waals surface area (Å²) in [6.45, 7) is 6.22. The van der Waals surface area contributed by atoms with Crippen LogP contribution >= 0.6 is 0 Å². The molecule has 3 nitrogen and oxygen atoms in total. The fourth-order valence-corrected chi connectivity index (χ4v) is 0.891. The monoisotopic (exact) mass is 183 g/mol. The maximum Gasteiger partial charge on any atom is 0.306 e. The molecule has 0 rings (SSSR count). The van der Waals surface area contributed by atoms with E-state index in [1.54, 1.807) is 0 Å². The Labute approximate surface area is 80.1 Å². The quantitative estimate of drug-likeness (QED) is 0.468. The molecule has 0 radical (unpaired) electrons. The van der Waals surface area contributed by atoms with Gasteiger partial charge in [0.1, 0.15) is 0 Å². The van der Waals surface area contributed by atoms with Crippen LogP contribution in [0.2, 0.25) is 0 Å². The molecule has 0 unspecified atom stereocenters. The summed E-state index contributed by atoms with van der Waals surface area (Å²) in [6.07, 6.45) is 0.440. The number of hydrogen-bond acceptors (Lipinski definition) is 3. The van der Waals surface area contributed by atoms with Crippen LogP contribution in [-0.2, 0) is 9.53 Å². The summed E-state index contributed by atoms with van der Waals surface area (Å²) in [5.74, 6) is 5.63. The van der Waals surface area contributed by atoms with Crippen LogP contribution in [-0.4, -0.2) is 37.6 Å². The number of hydrogen-bond donors (Lipinski definition) is 0. The van der Waals surface area contributed by atoms with Crippen LogP contribution in [0.4, 0.5) is 0 Å². The lowest BCUT2D eigenvalue weighted by atomic mass is 10.3. The zero-order chi connectivity index (χ0) is 10.1. The molecule has 0 saturated carbocycles. The third-order valence-corrected chi connectivity index (χ3v) is 1.79. The zero-order valence-corrected chi connectivity index (χ0v) is 8.59. The van der Waals surface area contributed by atoms with E-state index in [9.17, 15) is 4.79 Å². The van der Waals surface area contributed by atoms with Gasteiger partial charge < -0.3 is 4.74 Å². The highest BCUT2D eigenvalue weighted by molar-refractivity contribution is 5.69. The first-order valence-electron chi connectivity index (χ1n) is 4.43. The fourth-order valence-electron chi connectivity index (χ4n) is 0.891. The van der Waals surface area contributed by atoms with E-state index >= 15 is 0 Å². The SMILES string of the molecule is CC#CCN(CC)CCC(=O)OC. The maximum absolute atomic E-state index is 10.8. The standard InChI is InChI=1S/C10H17NO2/c1-4-6-8-11(5-2)9-7-10(12)13-3/h5,7-9H2,1-3H3. The van der Waals surface area contributed by atoms with E-state index in [1.807, 2.05) is 6.92 Å². The molecule has 0 atom stereocenters. The van der Waals surface area contributed by atoms with E-state index in [-0.39, 0.29) is 5.97 Å². The highest BCUT2D eigenvalue weighted by Gasteiger charge is 2.04. The molecule has 3 heteroatoms. The van der Waals surface area contributed by atoms with Crippen molar-refractivity contribution in [2.75, 3.05) is 26.7 Å². The van der Waals surface area contributed by atoms with Gasteiger partial charge in [0.25, 0.3) is 0 Å². The summed E-state index contributed by atoms with van der Waals surface area (Å²) >= 11 is 0. The topological polar surface area (TPSA) is 29.5 Å². The van der Waals surface area contributed by atoms with Crippen LogP contribution in [0.15, 0.2) is 0 Å². The van der Waals surface area contributed by atoms with E-state index in [1.165, 1.54) is 7.11 Å². The third kappa shape index (κ3) is 6.18. The summed E-state index contributed by atoms with van der Waals surface area (Å²) in [4.78, 5) is 12.9. The molecule has 0 bridgehead atoms. The molecular formula is C10H17NO2. The molecule has 0 aromatic rings. The van der Waals surface area contributed by atoms with E-state index in [0.717, 1.165) is 19.6 Å². The van der Waals surface area contributed by atoms with Gasteiger partial charge in [-0.15, -0.1) is 5.92 Å². The lowest BCUT2D eigenvalue weighted by molar-refractivity contribution is -0.140. The lowest BCUT2D eigenvalue weighted by Gasteiger charge is -2.15. The van der Waals surface area contributed by atoms with Gasteiger partial charge >= 0.3 is 5.97 Å². The molecule has 0 aromatic carbocycles. The maximum atomic E-state index is 10.8. The minimum absolute atomic E-state index is 0.164. The van der Waals surface area contributed by atoms with Crippen LogP contribution in [0, 0.1) is 11.8 Å². The second kappa shape index (κ2) is 7.63. The molecule has 0 N–H and O–H groups in total. The first-order chi connectivity index (χ1) is 6.24. The van der Waals surface area contributed by atoms with Crippen LogP contribution < -0.4 is 0 Å². The molecule has 0 aliphatic heterocycles. The number of carbonyl (C=O) groups is 1. The summed E-state index contributed by atoms with van der Waals surface area (Å²) in [6, 6.07) is 0. The van der Waals surface area contributed by atoms with Gasteiger partial charge in [0.2, 0.25) is 0 Å². The van der Waals surface area contributed by atoms with Gasteiger partial charge in [0, 0.05) is 6.54 Å². The molecular weight excluding hydrogens is 166 g/mol. The van der Waals surface area contributed by atoms with Gasteiger partial charge in [-0.3, -0.25) is 9.69 Å². The van der Waals surface area contributed by atoms with Crippen molar-refractivity contribution < 1.29 is 9.53 Å². The van der Waals surface area contributed by atoms with Crippen LogP contribution in [0.1, 0.15) is 20.3 Å². The summed E-state index contributed by atoms with van der Waals surface area (Å²) in [5.41, 5.74) is 0. The Kier molecular flexibility index (Phi) is 7.04. The van der Waals surface area contributed by atoms with Gasteiger partial charge in [0.05, 0.1) is 20.1 Å². The van der Waals surface area contributed by atoms with Gasteiger partial charge in [-0.1, -0.05) is 12.8 Å². The fraction of sp³-hybridized carbons (Fsp3) is 0.700. The highest BCUT2D eigenvalue weighted by Crippen LogP contribution is 1.91. The summed E-state index contributed by atoms with van der Waals surface area (Å²) in [7, 11) is 1.41. The summed E-state index contributed by atoms with van der Waals surface area (Å²) in [5, 5.41) is 0. The molecule has 74 valence electrons.